The summed E-state index contributed by atoms with van der Waals surface area (Å²) in [4.78, 5) is 0. The van der Waals surface area contributed by atoms with Gasteiger partial charge in [0.05, 0.1) is 11.9 Å². The highest BCUT2D eigenvalue weighted by molar-refractivity contribution is 7.89. The lowest BCUT2D eigenvalue weighted by Gasteiger charge is -2.15. The lowest BCUT2D eigenvalue weighted by Crippen LogP contribution is -2.28. The molecule has 1 heterocycles. The Bertz CT molecular complexity index is 436. The summed E-state index contributed by atoms with van der Waals surface area (Å²) in [6.07, 6.45) is 1.71. The van der Waals surface area contributed by atoms with E-state index in [0.717, 1.165) is 11.3 Å². The van der Waals surface area contributed by atoms with Crippen molar-refractivity contribution >= 4 is 10.0 Å². The van der Waals surface area contributed by atoms with Gasteiger partial charge in [-0.3, -0.25) is 4.68 Å². The van der Waals surface area contributed by atoms with Crippen LogP contribution < -0.4 is 0 Å². The van der Waals surface area contributed by atoms with Crippen molar-refractivity contribution < 1.29 is 8.42 Å². The maximum atomic E-state index is 11.5. The molecule has 5 nitrogen and oxygen atoms in total. The summed E-state index contributed by atoms with van der Waals surface area (Å²) >= 11 is 0. The molecule has 0 spiro atoms. The van der Waals surface area contributed by atoms with Crippen molar-refractivity contribution in [3.05, 3.63) is 17.5 Å². The third-order valence-corrected chi connectivity index (χ3v) is 4.38. The Hall–Kier alpha value is -0.880. The fourth-order valence-corrected chi connectivity index (χ4v) is 2.03. The molecule has 0 aliphatic heterocycles. The molecule has 0 N–H and O–H groups in total. The fraction of sp³-hybridized carbons (Fsp3) is 0.667. The second kappa shape index (κ2) is 4.32. The molecule has 0 fully saturated rings. The number of aromatic nitrogens is 2. The molecule has 0 aromatic carbocycles. The van der Waals surface area contributed by atoms with Gasteiger partial charge in [-0.25, -0.2) is 12.7 Å². The Balaban J connectivity index is 2.84. The molecule has 86 valence electrons. The molecule has 0 radical (unpaired) electrons. The Morgan fingerprint density at radius 3 is 2.53 bits per heavy atom. The third kappa shape index (κ3) is 2.57. The summed E-state index contributed by atoms with van der Waals surface area (Å²) < 4.78 is 26.1. The number of aryl methyl sites for hydroxylation is 1. The molecule has 0 atom stereocenters. The van der Waals surface area contributed by atoms with Crippen LogP contribution in [0.4, 0.5) is 0 Å². The predicted octanol–water partition coefficient (Wildman–Crippen LogP) is 0.510. The summed E-state index contributed by atoms with van der Waals surface area (Å²) in [6.45, 7) is 3.95. The van der Waals surface area contributed by atoms with E-state index in [1.807, 2.05) is 14.0 Å². The van der Waals surface area contributed by atoms with E-state index >= 15 is 0 Å². The second-order valence-corrected chi connectivity index (χ2v) is 5.90. The van der Waals surface area contributed by atoms with E-state index in [1.54, 1.807) is 24.9 Å². The molecule has 6 heteroatoms. The van der Waals surface area contributed by atoms with Crippen molar-refractivity contribution in [2.75, 3.05) is 12.8 Å². The highest BCUT2D eigenvalue weighted by Crippen LogP contribution is 2.10. The average Bonchev–Trinajstić information content (AvgIpc) is 2.49. The Kier molecular flexibility index (Phi) is 3.51. The minimum absolute atomic E-state index is 0.128. The summed E-state index contributed by atoms with van der Waals surface area (Å²) in [5, 5.41) is 4.07. The predicted molar refractivity (Wildman–Crippen MR) is 58.9 cm³/mol. The highest BCUT2D eigenvalue weighted by atomic mass is 32.2. The SMILES string of the molecule is CCS(=O)(=O)N(C)Cc1cnn(C)c1C. The molecule has 0 unspecified atom stereocenters. The summed E-state index contributed by atoms with van der Waals surface area (Å²) in [5.41, 5.74) is 1.94. The molecule has 0 amide bonds. The van der Waals surface area contributed by atoms with Crippen molar-refractivity contribution in [1.29, 1.82) is 0 Å². The van der Waals surface area contributed by atoms with Gasteiger partial charge >= 0.3 is 0 Å². The normalized spacial score (nSPS) is 12.3. The maximum absolute atomic E-state index is 11.5. The fourth-order valence-electron chi connectivity index (χ4n) is 1.26. The molecular weight excluding hydrogens is 214 g/mol. The number of sulfonamides is 1. The van der Waals surface area contributed by atoms with Gasteiger partial charge in [-0.2, -0.15) is 5.10 Å². The van der Waals surface area contributed by atoms with E-state index in [9.17, 15) is 8.42 Å². The van der Waals surface area contributed by atoms with Crippen LogP contribution in [-0.2, 0) is 23.6 Å². The van der Waals surface area contributed by atoms with Gasteiger partial charge in [0.1, 0.15) is 0 Å². The standard InChI is InChI=1S/C9H17N3O2S/c1-5-15(13,14)11(3)7-9-6-10-12(4)8(9)2/h6H,5,7H2,1-4H3. The summed E-state index contributed by atoms with van der Waals surface area (Å²) in [7, 11) is 0.321. The van der Waals surface area contributed by atoms with Gasteiger partial charge in [-0.1, -0.05) is 0 Å². The van der Waals surface area contributed by atoms with Gasteiger partial charge in [0.25, 0.3) is 0 Å². The number of nitrogens with zero attached hydrogens (tertiary/aromatic N) is 3. The smallest absolute Gasteiger partial charge is 0.213 e. The molecule has 1 rings (SSSR count). The van der Waals surface area contributed by atoms with Crippen LogP contribution in [0.1, 0.15) is 18.2 Å². The Labute approximate surface area is 90.7 Å². The van der Waals surface area contributed by atoms with Gasteiger partial charge in [-0.05, 0) is 13.8 Å². The summed E-state index contributed by atoms with van der Waals surface area (Å²) in [6, 6.07) is 0. The van der Waals surface area contributed by atoms with E-state index in [0.29, 0.717) is 6.54 Å². The van der Waals surface area contributed by atoms with E-state index in [4.69, 9.17) is 0 Å². The summed E-state index contributed by atoms with van der Waals surface area (Å²) in [5.74, 6) is 0.128. The number of hydrogen-bond acceptors (Lipinski definition) is 3. The zero-order valence-corrected chi connectivity index (χ0v) is 10.4. The van der Waals surface area contributed by atoms with Gasteiger partial charge in [0.2, 0.25) is 10.0 Å². The van der Waals surface area contributed by atoms with Crippen LogP contribution in [-0.4, -0.2) is 35.3 Å². The van der Waals surface area contributed by atoms with Crippen molar-refractivity contribution in [3.8, 4) is 0 Å². The zero-order chi connectivity index (χ0) is 11.6. The molecular formula is C9H17N3O2S. The lowest BCUT2D eigenvalue weighted by atomic mass is 10.3. The third-order valence-electron chi connectivity index (χ3n) is 2.57. The zero-order valence-electron chi connectivity index (χ0n) is 9.56. The van der Waals surface area contributed by atoms with Crippen LogP contribution in [0.25, 0.3) is 0 Å². The first-order chi connectivity index (χ1) is 6.88. The van der Waals surface area contributed by atoms with Crippen molar-refractivity contribution in [2.45, 2.75) is 20.4 Å². The lowest BCUT2D eigenvalue weighted by molar-refractivity contribution is 0.467. The van der Waals surface area contributed by atoms with Crippen LogP contribution in [0.15, 0.2) is 6.20 Å². The van der Waals surface area contributed by atoms with Crippen LogP contribution in [0.2, 0.25) is 0 Å². The van der Waals surface area contributed by atoms with E-state index in [1.165, 1.54) is 4.31 Å². The molecule has 0 saturated carbocycles. The first kappa shape index (κ1) is 12.2. The highest BCUT2D eigenvalue weighted by Gasteiger charge is 2.17. The second-order valence-electron chi connectivity index (χ2n) is 3.54. The minimum Gasteiger partial charge on any atom is -0.273 e. The molecule has 15 heavy (non-hydrogen) atoms. The van der Waals surface area contributed by atoms with Crippen LogP contribution in [0.3, 0.4) is 0 Å². The van der Waals surface area contributed by atoms with Crippen molar-refractivity contribution in [3.63, 3.8) is 0 Å². The van der Waals surface area contributed by atoms with Crippen LogP contribution >= 0.6 is 0 Å². The molecule has 0 aliphatic rings. The number of rotatable bonds is 4. The van der Waals surface area contributed by atoms with E-state index in [2.05, 4.69) is 5.10 Å². The largest absolute Gasteiger partial charge is 0.273 e. The monoisotopic (exact) mass is 231 g/mol. The van der Waals surface area contributed by atoms with Crippen molar-refractivity contribution in [1.82, 2.24) is 14.1 Å². The van der Waals surface area contributed by atoms with Gasteiger partial charge in [0, 0.05) is 31.9 Å². The molecule has 0 aliphatic carbocycles. The Morgan fingerprint density at radius 2 is 2.13 bits per heavy atom. The molecule has 1 aromatic heterocycles. The van der Waals surface area contributed by atoms with Gasteiger partial charge in [-0.15, -0.1) is 0 Å². The minimum atomic E-state index is -3.11. The molecule has 0 saturated heterocycles. The van der Waals surface area contributed by atoms with Crippen LogP contribution in [0, 0.1) is 6.92 Å². The first-order valence-corrected chi connectivity index (χ1v) is 6.41. The van der Waals surface area contributed by atoms with Gasteiger partial charge < -0.3 is 0 Å². The van der Waals surface area contributed by atoms with E-state index < -0.39 is 10.0 Å². The quantitative estimate of drug-likeness (QED) is 0.758. The number of hydrogen-bond donors (Lipinski definition) is 0. The van der Waals surface area contributed by atoms with Crippen LogP contribution in [0.5, 0.6) is 0 Å². The average molecular weight is 231 g/mol. The molecule has 1 aromatic rings. The molecule has 0 bridgehead atoms. The Morgan fingerprint density at radius 1 is 1.53 bits per heavy atom. The maximum Gasteiger partial charge on any atom is 0.213 e. The van der Waals surface area contributed by atoms with Gasteiger partial charge in [0.15, 0.2) is 0 Å². The van der Waals surface area contributed by atoms with E-state index in [-0.39, 0.29) is 5.75 Å². The topological polar surface area (TPSA) is 55.2 Å². The first-order valence-electron chi connectivity index (χ1n) is 4.80. The van der Waals surface area contributed by atoms with Crippen molar-refractivity contribution in [2.24, 2.45) is 7.05 Å².